The number of alkyl halides is 1. The molecule has 4 nitrogen and oxygen atoms in total. The number of halogens is 1. The van der Waals surface area contributed by atoms with Gasteiger partial charge in [0.1, 0.15) is 25.4 Å². The van der Waals surface area contributed by atoms with Gasteiger partial charge >= 0.3 is 0 Å². The fourth-order valence-corrected chi connectivity index (χ4v) is 5.55. The van der Waals surface area contributed by atoms with E-state index in [0.29, 0.717) is 17.9 Å². The number of rotatable bonds is 19. The van der Waals surface area contributed by atoms with Crippen LogP contribution in [0.5, 0.6) is 5.75 Å². The predicted molar refractivity (Wildman–Crippen MR) is 143 cm³/mol. The van der Waals surface area contributed by atoms with Crippen LogP contribution in [0.25, 0.3) is 0 Å². The second-order valence-corrected chi connectivity index (χ2v) is 10.6. The van der Waals surface area contributed by atoms with E-state index in [0.717, 1.165) is 42.6 Å². The lowest BCUT2D eigenvalue weighted by Crippen LogP contribution is -2.59. The number of quaternary nitrogens is 1. The lowest BCUT2D eigenvalue weighted by atomic mass is 10.0. The van der Waals surface area contributed by atoms with Crippen molar-refractivity contribution in [2.75, 3.05) is 33.4 Å². The number of methoxy groups -OCH3 is 1. The Kier molecular flexibility index (Phi) is 14.9. The number of benzene rings is 1. The van der Waals surface area contributed by atoms with Gasteiger partial charge in [0.25, 0.3) is 0 Å². The summed E-state index contributed by atoms with van der Waals surface area (Å²) >= 11 is 6.83. The summed E-state index contributed by atoms with van der Waals surface area (Å²) in [5.74, 6) is 0.627. The zero-order valence-electron chi connectivity index (χ0n) is 21.9. The van der Waals surface area contributed by atoms with Gasteiger partial charge in [-0.15, -0.1) is 0 Å². The number of carbonyl (C=O) groups excluding carboxylic acids is 1. The van der Waals surface area contributed by atoms with Crippen molar-refractivity contribution in [3.63, 3.8) is 0 Å². The van der Waals surface area contributed by atoms with Crippen molar-refractivity contribution in [1.29, 1.82) is 0 Å². The molecule has 0 N–H and O–H groups in total. The molecule has 0 spiro atoms. The first-order valence-corrected chi connectivity index (χ1v) is 14.3. The third kappa shape index (κ3) is 10.3. The van der Waals surface area contributed by atoms with Gasteiger partial charge in [-0.05, 0) is 31.0 Å². The third-order valence-corrected chi connectivity index (χ3v) is 7.95. The molecule has 194 valence electrons. The van der Waals surface area contributed by atoms with E-state index in [4.69, 9.17) is 21.1 Å². The summed E-state index contributed by atoms with van der Waals surface area (Å²) < 4.78 is 11.8. The maximum Gasteiger partial charge on any atom is 0.188 e. The zero-order valence-corrected chi connectivity index (χ0v) is 22.6. The normalized spacial score (nSPS) is 20.4. The van der Waals surface area contributed by atoms with E-state index in [1.54, 1.807) is 7.11 Å². The molecule has 2 unspecified atom stereocenters. The molecule has 5 heteroatoms. The van der Waals surface area contributed by atoms with Gasteiger partial charge in [0.15, 0.2) is 11.8 Å². The highest BCUT2D eigenvalue weighted by Gasteiger charge is 2.38. The van der Waals surface area contributed by atoms with Gasteiger partial charge in [-0.25, -0.2) is 0 Å². The first kappa shape index (κ1) is 29.1. The monoisotopic (exact) mass is 494 g/mol. The van der Waals surface area contributed by atoms with Gasteiger partial charge in [-0.1, -0.05) is 95.6 Å². The lowest BCUT2D eigenvalue weighted by Gasteiger charge is -2.45. The molecule has 0 aliphatic carbocycles. The van der Waals surface area contributed by atoms with E-state index in [1.807, 2.05) is 12.1 Å². The van der Waals surface area contributed by atoms with Crippen LogP contribution in [0.1, 0.15) is 113 Å². The van der Waals surface area contributed by atoms with Crippen LogP contribution < -0.4 is 4.74 Å². The van der Waals surface area contributed by atoms with E-state index in [1.165, 1.54) is 89.9 Å². The molecule has 1 aromatic rings. The lowest BCUT2D eigenvalue weighted by molar-refractivity contribution is -0.959. The van der Waals surface area contributed by atoms with Crippen LogP contribution >= 0.6 is 11.6 Å². The number of carbonyl (C=O) groups is 1. The first-order valence-electron chi connectivity index (χ1n) is 13.8. The quantitative estimate of drug-likeness (QED) is 0.0644. The molecular formula is C29H49ClNO3+. The van der Waals surface area contributed by atoms with Gasteiger partial charge in [-0.2, -0.15) is 0 Å². The minimum atomic E-state index is -0.0440. The highest BCUT2D eigenvalue weighted by Crippen LogP contribution is 2.29. The van der Waals surface area contributed by atoms with Crippen molar-refractivity contribution < 1.29 is 18.8 Å². The summed E-state index contributed by atoms with van der Waals surface area (Å²) in [5, 5.41) is 0. The van der Waals surface area contributed by atoms with E-state index < -0.39 is 0 Å². The van der Waals surface area contributed by atoms with Gasteiger partial charge in [0.05, 0.1) is 25.8 Å². The SMILES string of the molecule is CCCCCCCCCCCCCCCC[N+]1(Cc2ccc(OC)c(C=O)c2)CCOCC1Cl. The minimum absolute atomic E-state index is 0.0440. The second-order valence-electron chi connectivity index (χ2n) is 10.1. The molecule has 1 saturated heterocycles. The van der Waals surface area contributed by atoms with Gasteiger partial charge < -0.3 is 14.0 Å². The first-order chi connectivity index (χ1) is 16.6. The molecule has 1 aliphatic rings. The summed E-state index contributed by atoms with van der Waals surface area (Å²) in [7, 11) is 1.60. The molecule has 34 heavy (non-hydrogen) atoms. The molecule has 1 aliphatic heterocycles. The number of hydrogen-bond donors (Lipinski definition) is 0. The molecule has 2 rings (SSSR count). The van der Waals surface area contributed by atoms with Crippen LogP contribution in [0.2, 0.25) is 0 Å². The number of unbranched alkanes of at least 4 members (excludes halogenated alkanes) is 13. The van der Waals surface area contributed by atoms with E-state index >= 15 is 0 Å². The Balaban J connectivity index is 1.67. The number of ether oxygens (including phenoxy) is 2. The van der Waals surface area contributed by atoms with Crippen molar-refractivity contribution in [3.8, 4) is 5.75 Å². The zero-order chi connectivity index (χ0) is 24.5. The average molecular weight is 495 g/mol. The van der Waals surface area contributed by atoms with Crippen molar-refractivity contribution in [1.82, 2.24) is 0 Å². The molecule has 0 amide bonds. The van der Waals surface area contributed by atoms with Crippen LogP contribution in [0.15, 0.2) is 18.2 Å². The summed E-state index contributed by atoms with van der Waals surface area (Å²) in [6.07, 6.45) is 20.1. The van der Waals surface area contributed by atoms with Crippen molar-refractivity contribution in [3.05, 3.63) is 29.3 Å². The van der Waals surface area contributed by atoms with Gasteiger partial charge in [0, 0.05) is 5.56 Å². The topological polar surface area (TPSA) is 35.5 Å². The second kappa shape index (κ2) is 17.3. The fourth-order valence-electron chi connectivity index (χ4n) is 5.19. The Hall–Kier alpha value is -1.10. The van der Waals surface area contributed by atoms with Gasteiger partial charge in [0.2, 0.25) is 0 Å². The van der Waals surface area contributed by atoms with Gasteiger partial charge in [-0.3, -0.25) is 4.79 Å². The molecule has 0 saturated carbocycles. The molecule has 1 aromatic carbocycles. The number of hydrogen-bond acceptors (Lipinski definition) is 3. The summed E-state index contributed by atoms with van der Waals surface area (Å²) in [6, 6.07) is 5.91. The standard InChI is InChI=1S/C29H49ClNO3/c1-3-4-5-6-7-8-9-10-11-12-13-14-15-16-19-31(20-21-34-25-29(31)30)23-26-17-18-28(33-2)27(22-26)24-32/h17-18,22,24,29H,3-16,19-21,23,25H2,1-2H3/q+1. The molecule has 0 aromatic heterocycles. The molecule has 1 heterocycles. The smallest absolute Gasteiger partial charge is 0.188 e. The Labute approximate surface area is 213 Å². The Morgan fingerprint density at radius 3 is 2.09 bits per heavy atom. The predicted octanol–water partition coefficient (Wildman–Crippen LogP) is 7.90. The Bertz CT molecular complexity index is 683. The third-order valence-electron chi connectivity index (χ3n) is 7.41. The highest BCUT2D eigenvalue weighted by molar-refractivity contribution is 6.19. The summed E-state index contributed by atoms with van der Waals surface area (Å²) in [5.41, 5.74) is 1.70. The van der Waals surface area contributed by atoms with Crippen molar-refractivity contribution >= 4 is 17.9 Å². The maximum absolute atomic E-state index is 11.5. The maximum atomic E-state index is 11.5. The highest BCUT2D eigenvalue weighted by atomic mass is 35.5. The van der Waals surface area contributed by atoms with E-state index in [2.05, 4.69) is 13.0 Å². The molecule has 1 fully saturated rings. The Morgan fingerprint density at radius 2 is 1.56 bits per heavy atom. The van der Waals surface area contributed by atoms with Crippen molar-refractivity contribution in [2.45, 2.75) is 109 Å². The minimum Gasteiger partial charge on any atom is -0.496 e. The van der Waals surface area contributed by atoms with Crippen LogP contribution in [0, 0.1) is 0 Å². The molecule has 0 bridgehead atoms. The van der Waals surface area contributed by atoms with Crippen LogP contribution in [0.3, 0.4) is 0 Å². The molecular weight excluding hydrogens is 446 g/mol. The van der Waals surface area contributed by atoms with E-state index in [9.17, 15) is 4.79 Å². The van der Waals surface area contributed by atoms with Crippen LogP contribution in [0.4, 0.5) is 0 Å². The summed E-state index contributed by atoms with van der Waals surface area (Å²) in [6.45, 7) is 6.45. The fraction of sp³-hybridized carbons (Fsp3) is 0.759. The average Bonchev–Trinajstić information content (AvgIpc) is 2.86. The largest absolute Gasteiger partial charge is 0.496 e. The molecule has 0 radical (unpaired) electrons. The number of nitrogens with zero attached hydrogens (tertiary/aromatic N) is 1. The Morgan fingerprint density at radius 1 is 0.971 bits per heavy atom. The number of aldehydes is 1. The van der Waals surface area contributed by atoms with Crippen molar-refractivity contribution in [2.24, 2.45) is 0 Å². The number of morpholine rings is 1. The molecule has 2 atom stereocenters. The van der Waals surface area contributed by atoms with Crippen LogP contribution in [-0.2, 0) is 11.3 Å². The summed E-state index contributed by atoms with van der Waals surface area (Å²) in [4.78, 5) is 11.5. The van der Waals surface area contributed by atoms with Crippen LogP contribution in [-0.4, -0.2) is 49.7 Å². The van der Waals surface area contributed by atoms with E-state index in [-0.39, 0.29) is 5.50 Å².